The lowest BCUT2D eigenvalue weighted by molar-refractivity contribution is 0.102. The zero-order chi connectivity index (χ0) is 13.1. The smallest absolute Gasteiger partial charge is 0.257 e. The molecule has 92 valence electrons. The summed E-state index contributed by atoms with van der Waals surface area (Å²) in [6.07, 6.45) is 3.11. The topological polar surface area (TPSA) is 62.2 Å². The Morgan fingerprint density at radius 3 is 2.78 bits per heavy atom. The van der Waals surface area contributed by atoms with Crippen molar-refractivity contribution >= 4 is 27.5 Å². The largest absolute Gasteiger partial charge is 0.508 e. The molecule has 1 aromatic carbocycles. The number of hydrogen-bond donors (Lipinski definition) is 2. The summed E-state index contributed by atoms with van der Waals surface area (Å²) in [6.45, 7) is 1.81. The normalized spacial score (nSPS) is 10.1. The van der Waals surface area contributed by atoms with Gasteiger partial charge in [-0.2, -0.15) is 0 Å². The van der Waals surface area contributed by atoms with Crippen molar-refractivity contribution in [1.82, 2.24) is 4.98 Å². The van der Waals surface area contributed by atoms with Gasteiger partial charge < -0.3 is 10.4 Å². The number of aromatic nitrogens is 1. The van der Waals surface area contributed by atoms with Gasteiger partial charge in [-0.3, -0.25) is 9.78 Å². The number of halogens is 1. The van der Waals surface area contributed by atoms with E-state index in [1.165, 1.54) is 12.3 Å². The van der Waals surface area contributed by atoms with E-state index >= 15 is 0 Å². The van der Waals surface area contributed by atoms with E-state index < -0.39 is 0 Å². The Hall–Kier alpha value is -1.88. The average Bonchev–Trinajstić information content (AvgIpc) is 2.32. The molecule has 0 aliphatic carbocycles. The Kier molecular flexibility index (Phi) is 3.62. The van der Waals surface area contributed by atoms with E-state index in [9.17, 15) is 9.90 Å². The molecule has 1 aromatic heterocycles. The first-order valence-electron chi connectivity index (χ1n) is 5.28. The maximum Gasteiger partial charge on any atom is 0.257 e. The SMILES string of the molecule is Cc1cc(O)ccc1NC(=O)c1cncc(Br)c1. The zero-order valence-electron chi connectivity index (χ0n) is 9.64. The molecule has 0 unspecified atom stereocenters. The Bertz CT molecular complexity index is 599. The third kappa shape index (κ3) is 2.87. The molecule has 0 radical (unpaired) electrons. The molecule has 0 atom stereocenters. The molecule has 2 rings (SSSR count). The van der Waals surface area contributed by atoms with Crippen LogP contribution in [0.15, 0.2) is 41.1 Å². The Morgan fingerprint density at radius 2 is 2.11 bits per heavy atom. The number of carbonyl (C=O) groups excluding carboxylic acids is 1. The number of aryl methyl sites for hydroxylation is 1. The van der Waals surface area contributed by atoms with Crippen LogP contribution in [0.3, 0.4) is 0 Å². The third-order valence-electron chi connectivity index (χ3n) is 2.43. The van der Waals surface area contributed by atoms with Gasteiger partial charge >= 0.3 is 0 Å². The van der Waals surface area contributed by atoms with E-state index in [0.29, 0.717) is 11.3 Å². The third-order valence-corrected chi connectivity index (χ3v) is 2.86. The van der Waals surface area contributed by atoms with E-state index in [4.69, 9.17) is 0 Å². The monoisotopic (exact) mass is 306 g/mol. The molecule has 0 aliphatic heterocycles. The van der Waals surface area contributed by atoms with Crippen molar-refractivity contribution in [3.8, 4) is 5.75 Å². The van der Waals surface area contributed by atoms with Crippen molar-refractivity contribution in [3.63, 3.8) is 0 Å². The summed E-state index contributed by atoms with van der Waals surface area (Å²) in [6, 6.07) is 6.47. The lowest BCUT2D eigenvalue weighted by Gasteiger charge is -2.08. The van der Waals surface area contributed by atoms with Gasteiger partial charge in [0.25, 0.3) is 5.91 Å². The number of pyridine rings is 1. The van der Waals surface area contributed by atoms with Crippen LogP contribution in [0.1, 0.15) is 15.9 Å². The lowest BCUT2D eigenvalue weighted by Crippen LogP contribution is -2.12. The van der Waals surface area contributed by atoms with E-state index in [2.05, 4.69) is 26.2 Å². The number of aromatic hydroxyl groups is 1. The molecule has 1 amide bonds. The zero-order valence-corrected chi connectivity index (χ0v) is 11.2. The van der Waals surface area contributed by atoms with Crippen molar-refractivity contribution in [1.29, 1.82) is 0 Å². The molecule has 2 N–H and O–H groups in total. The van der Waals surface area contributed by atoms with Crippen molar-refractivity contribution < 1.29 is 9.90 Å². The molecule has 1 heterocycles. The van der Waals surface area contributed by atoms with Gasteiger partial charge in [-0.25, -0.2) is 0 Å². The van der Waals surface area contributed by atoms with Crippen LogP contribution in [0.4, 0.5) is 5.69 Å². The summed E-state index contributed by atoms with van der Waals surface area (Å²) in [7, 11) is 0. The Morgan fingerprint density at radius 1 is 1.33 bits per heavy atom. The standard InChI is InChI=1S/C13H11BrN2O2/c1-8-4-11(17)2-3-12(8)16-13(18)9-5-10(14)7-15-6-9/h2-7,17H,1H3,(H,16,18). The number of carbonyl (C=O) groups is 1. The Labute approximate surface area is 113 Å². The van der Waals surface area contributed by atoms with Crippen LogP contribution in [0.5, 0.6) is 5.75 Å². The first-order valence-corrected chi connectivity index (χ1v) is 6.07. The minimum Gasteiger partial charge on any atom is -0.508 e. The fourth-order valence-electron chi connectivity index (χ4n) is 1.52. The predicted octanol–water partition coefficient (Wildman–Crippen LogP) is 3.11. The molecule has 2 aromatic rings. The van der Waals surface area contributed by atoms with Gasteiger partial charge in [0.15, 0.2) is 0 Å². The summed E-state index contributed by atoms with van der Waals surface area (Å²) >= 11 is 3.26. The van der Waals surface area contributed by atoms with Gasteiger partial charge in [0.05, 0.1) is 5.56 Å². The van der Waals surface area contributed by atoms with Crippen LogP contribution < -0.4 is 5.32 Å². The number of benzene rings is 1. The number of phenols is 1. The number of rotatable bonds is 2. The lowest BCUT2D eigenvalue weighted by atomic mass is 10.2. The molecule has 18 heavy (non-hydrogen) atoms. The number of anilines is 1. The minimum atomic E-state index is -0.238. The molecule has 0 aliphatic rings. The number of amides is 1. The summed E-state index contributed by atoms with van der Waals surface area (Å²) < 4.78 is 0.748. The highest BCUT2D eigenvalue weighted by molar-refractivity contribution is 9.10. The van der Waals surface area contributed by atoms with Crippen molar-refractivity contribution in [2.45, 2.75) is 6.92 Å². The minimum absolute atomic E-state index is 0.176. The van der Waals surface area contributed by atoms with Crippen LogP contribution in [-0.4, -0.2) is 16.0 Å². The van der Waals surface area contributed by atoms with Crippen LogP contribution in [0.25, 0.3) is 0 Å². The van der Waals surface area contributed by atoms with Crippen molar-refractivity contribution in [2.75, 3.05) is 5.32 Å². The molecule has 0 saturated heterocycles. The number of nitrogens with one attached hydrogen (secondary N) is 1. The van der Waals surface area contributed by atoms with E-state index in [0.717, 1.165) is 10.0 Å². The quantitative estimate of drug-likeness (QED) is 0.838. The number of phenolic OH excluding ortho intramolecular Hbond substituents is 1. The van der Waals surface area contributed by atoms with Crippen LogP contribution in [-0.2, 0) is 0 Å². The highest BCUT2D eigenvalue weighted by Crippen LogP contribution is 2.21. The number of nitrogens with zero attached hydrogens (tertiary/aromatic N) is 1. The molecule has 0 bridgehead atoms. The second-order valence-corrected chi connectivity index (χ2v) is 4.76. The van der Waals surface area contributed by atoms with Gasteiger partial charge in [0.1, 0.15) is 5.75 Å². The van der Waals surface area contributed by atoms with Crippen molar-refractivity contribution in [2.24, 2.45) is 0 Å². The molecule has 4 nitrogen and oxygen atoms in total. The highest BCUT2D eigenvalue weighted by atomic mass is 79.9. The number of hydrogen-bond acceptors (Lipinski definition) is 3. The van der Waals surface area contributed by atoms with E-state index in [1.54, 1.807) is 24.4 Å². The molecule has 0 saturated carbocycles. The first-order chi connectivity index (χ1) is 8.56. The first kappa shape index (κ1) is 12.6. The predicted molar refractivity (Wildman–Crippen MR) is 72.7 cm³/mol. The van der Waals surface area contributed by atoms with Crippen LogP contribution in [0, 0.1) is 6.92 Å². The van der Waals surface area contributed by atoms with Gasteiger partial charge in [-0.15, -0.1) is 0 Å². The van der Waals surface area contributed by atoms with Crippen molar-refractivity contribution in [3.05, 3.63) is 52.3 Å². The maximum absolute atomic E-state index is 12.0. The summed E-state index contributed by atoms with van der Waals surface area (Å²) in [5.41, 5.74) is 1.93. The maximum atomic E-state index is 12.0. The molecular formula is C13H11BrN2O2. The van der Waals surface area contributed by atoms with E-state index in [1.807, 2.05) is 6.92 Å². The van der Waals surface area contributed by atoms with Crippen LogP contribution in [0.2, 0.25) is 0 Å². The second-order valence-electron chi connectivity index (χ2n) is 3.85. The summed E-state index contributed by atoms with van der Waals surface area (Å²) in [4.78, 5) is 15.9. The Balaban J connectivity index is 2.21. The van der Waals surface area contributed by atoms with Gasteiger partial charge in [-0.05, 0) is 52.7 Å². The molecule has 5 heteroatoms. The average molecular weight is 307 g/mol. The van der Waals surface area contributed by atoms with Gasteiger partial charge in [0, 0.05) is 22.6 Å². The van der Waals surface area contributed by atoms with E-state index in [-0.39, 0.29) is 11.7 Å². The molecule has 0 spiro atoms. The van der Waals surface area contributed by atoms with Gasteiger partial charge in [-0.1, -0.05) is 0 Å². The fraction of sp³-hybridized carbons (Fsp3) is 0.0769. The van der Waals surface area contributed by atoms with Gasteiger partial charge in [0.2, 0.25) is 0 Å². The summed E-state index contributed by atoms with van der Waals surface area (Å²) in [5, 5.41) is 12.1. The highest BCUT2D eigenvalue weighted by Gasteiger charge is 2.08. The molecular weight excluding hydrogens is 296 g/mol. The fourth-order valence-corrected chi connectivity index (χ4v) is 1.88. The molecule has 0 fully saturated rings. The van der Waals surface area contributed by atoms with Crippen LogP contribution >= 0.6 is 15.9 Å². The summed E-state index contributed by atoms with van der Waals surface area (Å²) in [5.74, 6) is -0.0628. The second kappa shape index (κ2) is 5.18.